The Kier molecular flexibility index (Phi) is 3.08. The molecule has 2 heterocycles. The van der Waals surface area contributed by atoms with E-state index in [-0.39, 0.29) is 6.61 Å². The van der Waals surface area contributed by atoms with Gasteiger partial charge in [0, 0.05) is 6.20 Å². The van der Waals surface area contributed by atoms with Gasteiger partial charge in [-0.1, -0.05) is 6.07 Å². The van der Waals surface area contributed by atoms with Crippen LogP contribution in [-0.2, 0) is 4.74 Å². The number of aromatic nitrogens is 3. The quantitative estimate of drug-likeness (QED) is 0.754. The molecule has 0 saturated heterocycles. The van der Waals surface area contributed by atoms with Crippen LogP contribution >= 0.6 is 0 Å². The number of hydrogen-bond donors (Lipinski definition) is 2. The van der Waals surface area contributed by atoms with Crippen molar-refractivity contribution in [3.05, 3.63) is 23.9 Å². The highest BCUT2D eigenvalue weighted by molar-refractivity contribution is 5.64. The molecule has 7 heteroatoms. The first-order valence-corrected chi connectivity index (χ1v) is 5.14. The van der Waals surface area contributed by atoms with Gasteiger partial charge in [0.1, 0.15) is 6.61 Å². The second-order valence-corrected chi connectivity index (χ2v) is 3.54. The minimum Gasteiger partial charge on any atom is -0.448 e. The van der Waals surface area contributed by atoms with Crippen LogP contribution in [0.5, 0.6) is 0 Å². The molecule has 2 rings (SSSR count). The molecule has 3 N–H and O–H groups in total. The van der Waals surface area contributed by atoms with Gasteiger partial charge in [0.05, 0.1) is 6.54 Å². The van der Waals surface area contributed by atoms with Crippen LogP contribution in [0.25, 0.3) is 5.65 Å². The molecule has 90 valence electrons. The highest BCUT2D eigenvalue weighted by atomic mass is 16.5. The molecule has 2 aromatic rings. The van der Waals surface area contributed by atoms with Crippen LogP contribution < -0.4 is 11.1 Å². The maximum Gasteiger partial charge on any atom is 0.404 e. The van der Waals surface area contributed by atoms with Crippen molar-refractivity contribution in [2.24, 2.45) is 5.73 Å². The first kappa shape index (κ1) is 11.2. The Morgan fingerprint density at radius 2 is 2.41 bits per heavy atom. The lowest BCUT2D eigenvalue weighted by Gasteiger charge is -2.00. The number of amides is 1. The third-order valence-electron chi connectivity index (χ3n) is 2.11. The van der Waals surface area contributed by atoms with Gasteiger partial charge >= 0.3 is 6.09 Å². The molecular weight excluding hydrogens is 222 g/mol. The molecular formula is C10H13N5O2. The van der Waals surface area contributed by atoms with E-state index in [1.54, 1.807) is 4.52 Å². The van der Waals surface area contributed by atoms with Crippen molar-refractivity contribution in [3.63, 3.8) is 0 Å². The summed E-state index contributed by atoms with van der Waals surface area (Å²) in [5.41, 5.74) is 6.69. The third kappa shape index (κ3) is 2.83. The van der Waals surface area contributed by atoms with Crippen LogP contribution in [0.15, 0.2) is 18.3 Å². The molecule has 1 amide bonds. The summed E-state index contributed by atoms with van der Waals surface area (Å²) in [7, 11) is 0. The zero-order valence-corrected chi connectivity index (χ0v) is 9.38. The standard InChI is InChI=1S/C10H13N5O2/c1-7-2-3-8-13-10(14-15(8)6-7)12-4-5-17-9(11)16/h2-3,6H,4-5H2,1H3,(H2,11,16)(H,12,14). The predicted molar refractivity (Wildman–Crippen MR) is 61.7 cm³/mol. The number of aryl methyl sites for hydroxylation is 1. The van der Waals surface area contributed by atoms with Gasteiger partial charge in [-0.25, -0.2) is 9.31 Å². The number of pyridine rings is 1. The van der Waals surface area contributed by atoms with Gasteiger partial charge in [-0.15, -0.1) is 5.10 Å². The van der Waals surface area contributed by atoms with Crippen molar-refractivity contribution in [1.82, 2.24) is 14.6 Å². The maximum absolute atomic E-state index is 10.3. The Balaban J connectivity index is 1.97. The van der Waals surface area contributed by atoms with Crippen molar-refractivity contribution in [2.45, 2.75) is 6.92 Å². The van der Waals surface area contributed by atoms with Crippen molar-refractivity contribution < 1.29 is 9.53 Å². The summed E-state index contributed by atoms with van der Waals surface area (Å²) in [5.74, 6) is 0.490. The Labute approximate surface area is 97.6 Å². The van der Waals surface area contributed by atoms with Gasteiger partial charge in [-0.2, -0.15) is 4.98 Å². The van der Waals surface area contributed by atoms with Crippen LogP contribution in [0, 0.1) is 6.92 Å². The third-order valence-corrected chi connectivity index (χ3v) is 2.11. The van der Waals surface area contributed by atoms with Crippen LogP contribution in [0.2, 0.25) is 0 Å². The molecule has 17 heavy (non-hydrogen) atoms. The van der Waals surface area contributed by atoms with E-state index in [2.05, 4.69) is 20.1 Å². The van der Waals surface area contributed by atoms with Crippen LogP contribution in [-0.4, -0.2) is 33.8 Å². The van der Waals surface area contributed by atoms with E-state index in [9.17, 15) is 4.79 Å². The fraction of sp³-hybridized carbons (Fsp3) is 0.300. The van der Waals surface area contributed by atoms with Gasteiger partial charge < -0.3 is 15.8 Å². The average Bonchev–Trinajstić information content (AvgIpc) is 2.66. The van der Waals surface area contributed by atoms with Crippen molar-refractivity contribution >= 4 is 17.7 Å². The van der Waals surface area contributed by atoms with E-state index in [1.807, 2.05) is 25.3 Å². The zero-order valence-electron chi connectivity index (χ0n) is 9.38. The number of carbonyl (C=O) groups is 1. The first-order chi connectivity index (χ1) is 8.15. The number of primary amides is 1. The van der Waals surface area contributed by atoms with Crippen LogP contribution in [0.4, 0.5) is 10.7 Å². The molecule has 0 radical (unpaired) electrons. The Morgan fingerprint density at radius 3 is 3.18 bits per heavy atom. The van der Waals surface area contributed by atoms with Gasteiger partial charge in [0.15, 0.2) is 5.65 Å². The molecule has 0 saturated carbocycles. The average molecular weight is 235 g/mol. The number of nitrogens with two attached hydrogens (primary N) is 1. The molecule has 2 aromatic heterocycles. The molecule has 0 spiro atoms. The van der Waals surface area contributed by atoms with Gasteiger partial charge in [0.2, 0.25) is 5.95 Å². The summed E-state index contributed by atoms with van der Waals surface area (Å²) in [5, 5.41) is 7.15. The lowest BCUT2D eigenvalue weighted by Crippen LogP contribution is -2.18. The van der Waals surface area contributed by atoms with E-state index >= 15 is 0 Å². The minimum absolute atomic E-state index is 0.184. The topological polar surface area (TPSA) is 94.5 Å². The lowest BCUT2D eigenvalue weighted by atomic mass is 10.3. The molecule has 0 fully saturated rings. The summed E-state index contributed by atoms with van der Waals surface area (Å²) >= 11 is 0. The normalized spacial score (nSPS) is 10.4. The van der Waals surface area contributed by atoms with Crippen molar-refractivity contribution in [3.8, 4) is 0 Å². The Morgan fingerprint density at radius 1 is 1.59 bits per heavy atom. The number of anilines is 1. The second kappa shape index (κ2) is 4.69. The molecule has 0 unspecified atom stereocenters. The first-order valence-electron chi connectivity index (χ1n) is 5.14. The van der Waals surface area contributed by atoms with Gasteiger partial charge in [-0.05, 0) is 18.6 Å². The van der Waals surface area contributed by atoms with Crippen molar-refractivity contribution in [1.29, 1.82) is 0 Å². The van der Waals surface area contributed by atoms with E-state index in [0.29, 0.717) is 12.5 Å². The second-order valence-electron chi connectivity index (χ2n) is 3.54. The number of nitrogens with zero attached hydrogens (tertiary/aromatic N) is 3. The number of rotatable bonds is 4. The van der Waals surface area contributed by atoms with Gasteiger partial charge in [0.25, 0.3) is 0 Å². The molecule has 0 aliphatic carbocycles. The van der Waals surface area contributed by atoms with Gasteiger partial charge in [-0.3, -0.25) is 0 Å². The summed E-state index contributed by atoms with van der Waals surface area (Å²) in [6, 6.07) is 3.84. The molecule has 0 aliphatic heterocycles. The number of hydrogen-bond acceptors (Lipinski definition) is 5. The number of nitrogens with one attached hydrogen (secondary N) is 1. The summed E-state index contributed by atoms with van der Waals surface area (Å²) in [6.45, 7) is 2.58. The number of ether oxygens (including phenoxy) is 1. The number of carbonyl (C=O) groups excluding carboxylic acids is 1. The lowest BCUT2D eigenvalue weighted by molar-refractivity contribution is 0.161. The van der Waals surface area contributed by atoms with Crippen LogP contribution in [0.1, 0.15) is 5.56 Å². The molecule has 0 aliphatic rings. The molecule has 0 aromatic carbocycles. The van der Waals surface area contributed by atoms with E-state index in [1.165, 1.54) is 0 Å². The van der Waals surface area contributed by atoms with Crippen LogP contribution in [0.3, 0.4) is 0 Å². The smallest absolute Gasteiger partial charge is 0.404 e. The SMILES string of the molecule is Cc1ccc2nc(NCCOC(N)=O)nn2c1. The maximum atomic E-state index is 10.3. The van der Waals surface area contributed by atoms with Crippen molar-refractivity contribution in [2.75, 3.05) is 18.5 Å². The molecule has 7 nitrogen and oxygen atoms in total. The Hall–Kier alpha value is -2.31. The Bertz CT molecular complexity index is 536. The fourth-order valence-electron chi connectivity index (χ4n) is 1.38. The highest BCUT2D eigenvalue weighted by Crippen LogP contribution is 2.06. The monoisotopic (exact) mass is 235 g/mol. The summed E-state index contributed by atoms with van der Waals surface area (Å²) < 4.78 is 6.26. The summed E-state index contributed by atoms with van der Waals surface area (Å²) in [6.07, 6.45) is 1.10. The van der Waals surface area contributed by atoms with E-state index in [0.717, 1.165) is 11.2 Å². The zero-order chi connectivity index (χ0) is 12.3. The summed E-state index contributed by atoms with van der Waals surface area (Å²) in [4.78, 5) is 14.6. The fourth-order valence-corrected chi connectivity index (χ4v) is 1.38. The van der Waals surface area contributed by atoms with E-state index < -0.39 is 6.09 Å². The molecule has 0 atom stereocenters. The predicted octanol–water partition coefficient (Wildman–Crippen LogP) is 0.545. The number of fused-ring (bicyclic) bond motifs is 1. The van der Waals surface area contributed by atoms with E-state index in [4.69, 9.17) is 5.73 Å². The minimum atomic E-state index is -0.787. The molecule has 0 bridgehead atoms. The largest absolute Gasteiger partial charge is 0.448 e. The highest BCUT2D eigenvalue weighted by Gasteiger charge is 2.02.